The molecule has 0 spiro atoms. The summed E-state index contributed by atoms with van der Waals surface area (Å²) < 4.78 is 12.4. The summed E-state index contributed by atoms with van der Waals surface area (Å²) in [7, 11) is 1.59. The Balaban J connectivity index is 1.44. The van der Waals surface area contributed by atoms with E-state index in [1.165, 1.54) is 0 Å². The Hall–Kier alpha value is -3.39. The number of methoxy groups -OCH3 is 1. The standard InChI is InChI=1S/C23H26N4O4/c1-30-18-8-6-17(7-9-18)23(29)24-11-10-21-25-19-4-2-3-5-20(19)27(21)16-22(28)26-12-14-31-15-13-26/h2-9H,10-16H2,1H3,(H,24,29). The van der Waals surface area contributed by atoms with E-state index in [1.807, 2.05) is 33.7 Å². The number of carbonyl (C=O) groups excluding carboxylic acids is 2. The maximum absolute atomic E-state index is 12.8. The SMILES string of the molecule is COc1ccc(C(=O)NCCc2nc3ccccc3n2CC(=O)N2CCOCC2)cc1. The first-order chi connectivity index (χ1) is 15.2. The quantitative estimate of drug-likeness (QED) is 0.628. The fourth-order valence-corrected chi connectivity index (χ4v) is 3.67. The molecule has 1 aliphatic rings. The van der Waals surface area contributed by atoms with E-state index in [2.05, 4.69) is 5.32 Å². The Labute approximate surface area is 180 Å². The fourth-order valence-electron chi connectivity index (χ4n) is 3.67. The zero-order valence-corrected chi connectivity index (χ0v) is 17.5. The average molecular weight is 422 g/mol. The van der Waals surface area contributed by atoms with Gasteiger partial charge < -0.3 is 24.3 Å². The van der Waals surface area contributed by atoms with Gasteiger partial charge in [-0.15, -0.1) is 0 Å². The Morgan fingerprint density at radius 2 is 1.84 bits per heavy atom. The molecule has 1 aliphatic heterocycles. The minimum absolute atomic E-state index is 0.0509. The zero-order chi connectivity index (χ0) is 21.6. The second-order valence-corrected chi connectivity index (χ2v) is 7.33. The van der Waals surface area contributed by atoms with Gasteiger partial charge in [-0.1, -0.05) is 12.1 Å². The van der Waals surface area contributed by atoms with Crippen LogP contribution in [0, 0.1) is 0 Å². The predicted molar refractivity (Wildman–Crippen MR) is 116 cm³/mol. The number of benzene rings is 2. The van der Waals surface area contributed by atoms with Gasteiger partial charge in [0.2, 0.25) is 5.91 Å². The lowest BCUT2D eigenvalue weighted by molar-refractivity contribution is -0.135. The predicted octanol–water partition coefficient (Wildman–Crippen LogP) is 1.88. The third-order valence-corrected chi connectivity index (χ3v) is 5.38. The summed E-state index contributed by atoms with van der Waals surface area (Å²) in [5.41, 5.74) is 2.33. The molecule has 1 aromatic heterocycles. The first-order valence-electron chi connectivity index (χ1n) is 10.4. The highest BCUT2D eigenvalue weighted by Crippen LogP contribution is 2.17. The van der Waals surface area contributed by atoms with Crippen molar-refractivity contribution in [2.24, 2.45) is 0 Å². The van der Waals surface area contributed by atoms with Crippen molar-refractivity contribution in [2.45, 2.75) is 13.0 Å². The second kappa shape index (κ2) is 9.61. The first kappa shape index (κ1) is 20.9. The number of carbonyl (C=O) groups is 2. The zero-order valence-electron chi connectivity index (χ0n) is 17.5. The van der Waals surface area contributed by atoms with E-state index in [0.29, 0.717) is 50.6 Å². The Bertz CT molecular complexity index is 1060. The van der Waals surface area contributed by atoms with Gasteiger partial charge in [0.1, 0.15) is 18.1 Å². The molecular formula is C23H26N4O4. The number of hydrogen-bond donors (Lipinski definition) is 1. The van der Waals surface area contributed by atoms with Gasteiger partial charge in [-0.2, -0.15) is 0 Å². The van der Waals surface area contributed by atoms with Gasteiger partial charge in [-0.25, -0.2) is 4.98 Å². The Morgan fingerprint density at radius 3 is 2.58 bits per heavy atom. The molecule has 3 aromatic rings. The number of nitrogens with zero attached hydrogens (tertiary/aromatic N) is 3. The van der Waals surface area contributed by atoms with Crippen molar-refractivity contribution in [1.82, 2.24) is 19.8 Å². The minimum Gasteiger partial charge on any atom is -0.497 e. The fraction of sp³-hybridized carbons (Fsp3) is 0.348. The number of ether oxygens (including phenoxy) is 2. The number of hydrogen-bond acceptors (Lipinski definition) is 5. The number of morpholine rings is 1. The molecule has 2 aromatic carbocycles. The molecule has 0 aliphatic carbocycles. The van der Waals surface area contributed by atoms with E-state index in [4.69, 9.17) is 14.5 Å². The lowest BCUT2D eigenvalue weighted by Gasteiger charge is -2.27. The van der Waals surface area contributed by atoms with Crippen molar-refractivity contribution < 1.29 is 19.1 Å². The summed E-state index contributed by atoms with van der Waals surface area (Å²) in [5.74, 6) is 1.37. The van der Waals surface area contributed by atoms with Crippen LogP contribution in [0.2, 0.25) is 0 Å². The van der Waals surface area contributed by atoms with Crippen LogP contribution in [-0.4, -0.2) is 66.2 Å². The van der Waals surface area contributed by atoms with Crippen LogP contribution in [0.25, 0.3) is 11.0 Å². The Kier molecular flexibility index (Phi) is 6.47. The number of nitrogens with one attached hydrogen (secondary N) is 1. The highest BCUT2D eigenvalue weighted by molar-refractivity contribution is 5.94. The maximum atomic E-state index is 12.8. The second-order valence-electron chi connectivity index (χ2n) is 7.33. The van der Waals surface area contributed by atoms with Crippen molar-refractivity contribution in [2.75, 3.05) is 40.0 Å². The van der Waals surface area contributed by atoms with Crippen molar-refractivity contribution in [1.29, 1.82) is 0 Å². The largest absolute Gasteiger partial charge is 0.497 e. The summed E-state index contributed by atoms with van der Waals surface area (Å²) in [6.45, 7) is 3.00. The first-order valence-corrected chi connectivity index (χ1v) is 10.4. The van der Waals surface area contributed by atoms with Gasteiger partial charge in [0, 0.05) is 31.6 Å². The number of amides is 2. The van der Waals surface area contributed by atoms with Gasteiger partial charge in [0.15, 0.2) is 0 Å². The topological polar surface area (TPSA) is 85.7 Å². The lowest BCUT2D eigenvalue weighted by Crippen LogP contribution is -2.42. The highest BCUT2D eigenvalue weighted by atomic mass is 16.5. The van der Waals surface area contributed by atoms with Crippen LogP contribution in [0.5, 0.6) is 5.75 Å². The monoisotopic (exact) mass is 422 g/mol. The molecule has 162 valence electrons. The molecule has 0 saturated carbocycles. The van der Waals surface area contributed by atoms with E-state index in [1.54, 1.807) is 31.4 Å². The summed E-state index contributed by atoms with van der Waals surface area (Å²) in [4.78, 5) is 31.8. The van der Waals surface area contributed by atoms with Gasteiger partial charge in [0.25, 0.3) is 5.91 Å². The number of fused-ring (bicyclic) bond motifs is 1. The molecule has 4 rings (SSSR count). The van der Waals surface area contributed by atoms with Gasteiger partial charge in [-0.3, -0.25) is 9.59 Å². The van der Waals surface area contributed by atoms with Crippen LogP contribution in [0.3, 0.4) is 0 Å². The highest BCUT2D eigenvalue weighted by Gasteiger charge is 2.20. The van der Waals surface area contributed by atoms with Gasteiger partial charge in [0.05, 0.1) is 31.4 Å². The summed E-state index contributed by atoms with van der Waals surface area (Å²) in [5, 5.41) is 2.93. The van der Waals surface area contributed by atoms with Crippen molar-refractivity contribution >= 4 is 22.8 Å². The molecule has 1 N–H and O–H groups in total. The molecule has 8 nitrogen and oxygen atoms in total. The van der Waals surface area contributed by atoms with Crippen molar-refractivity contribution in [3.8, 4) is 5.75 Å². The van der Waals surface area contributed by atoms with Crippen LogP contribution < -0.4 is 10.1 Å². The summed E-state index contributed by atoms with van der Waals surface area (Å²) in [6, 6.07) is 14.7. The molecular weight excluding hydrogens is 396 g/mol. The normalized spacial score (nSPS) is 13.9. The maximum Gasteiger partial charge on any atom is 0.251 e. The average Bonchev–Trinajstić information content (AvgIpc) is 3.16. The van der Waals surface area contributed by atoms with E-state index in [0.717, 1.165) is 16.9 Å². The smallest absolute Gasteiger partial charge is 0.251 e. The molecule has 0 atom stereocenters. The lowest BCUT2D eigenvalue weighted by atomic mass is 10.2. The third-order valence-electron chi connectivity index (χ3n) is 5.38. The molecule has 0 bridgehead atoms. The van der Waals surface area contributed by atoms with Gasteiger partial charge >= 0.3 is 0 Å². The number of para-hydroxylation sites is 2. The molecule has 2 heterocycles. The number of rotatable bonds is 7. The summed E-state index contributed by atoms with van der Waals surface area (Å²) >= 11 is 0. The molecule has 0 radical (unpaired) electrons. The molecule has 2 amide bonds. The van der Waals surface area contributed by atoms with Crippen LogP contribution in [0.4, 0.5) is 0 Å². The molecule has 8 heteroatoms. The van der Waals surface area contributed by atoms with Crippen molar-refractivity contribution in [3.05, 3.63) is 59.9 Å². The van der Waals surface area contributed by atoms with Crippen LogP contribution in [-0.2, 0) is 22.5 Å². The van der Waals surface area contributed by atoms with E-state index in [9.17, 15) is 9.59 Å². The van der Waals surface area contributed by atoms with Crippen molar-refractivity contribution in [3.63, 3.8) is 0 Å². The molecule has 0 unspecified atom stereocenters. The van der Waals surface area contributed by atoms with Crippen LogP contribution in [0.15, 0.2) is 48.5 Å². The van der Waals surface area contributed by atoms with Crippen LogP contribution in [0.1, 0.15) is 16.2 Å². The van der Waals surface area contributed by atoms with E-state index in [-0.39, 0.29) is 18.4 Å². The van der Waals surface area contributed by atoms with E-state index >= 15 is 0 Å². The Morgan fingerprint density at radius 1 is 1.10 bits per heavy atom. The van der Waals surface area contributed by atoms with E-state index < -0.39 is 0 Å². The molecule has 1 fully saturated rings. The third kappa shape index (κ3) is 4.86. The number of aromatic nitrogens is 2. The number of imidazole rings is 1. The molecule has 1 saturated heterocycles. The molecule has 31 heavy (non-hydrogen) atoms. The van der Waals surface area contributed by atoms with Crippen LogP contribution >= 0.6 is 0 Å². The minimum atomic E-state index is -0.158. The summed E-state index contributed by atoms with van der Waals surface area (Å²) in [6.07, 6.45) is 0.521. The van der Waals surface area contributed by atoms with Gasteiger partial charge in [-0.05, 0) is 36.4 Å².